The molecule has 2 atom stereocenters. The van der Waals surface area contributed by atoms with E-state index in [0.717, 1.165) is 31.8 Å². The van der Waals surface area contributed by atoms with Crippen LogP contribution in [0.3, 0.4) is 0 Å². The first-order chi connectivity index (χ1) is 11.2. The van der Waals surface area contributed by atoms with E-state index in [2.05, 4.69) is 56.9 Å². The highest BCUT2D eigenvalue weighted by Crippen LogP contribution is 2.34. The summed E-state index contributed by atoms with van der Waals surface area (Å²) < 4.78 is 6.30. The van der Waals surface area contributed by atoms with Crippen molar-refractivity contribution in [1.29, 1.82) is 0 Å². The third kappa shape index (κ3) is 5.32. The standard InChI is InChI=1S/C21H35NO/c1-5-17(4)23-21(22(6-2)7-3)16-18-12-14-20(15-13-18)19-10-8-9-11-19/h12-15,17,19,21H,5-11,16H2,1-4H3. The molecule has 2 heteroatoms. The Bertz CT molecular complexity index is 432. The molecule has 130 valence electrons. The lowest BCUT2D eigenvalue weighted by Crippen LogP contribution is -2.40. The van der Waals surface area contributed by atoms with Crippen LogP contribution in [0.15, 0.2) is 24.3 Å². The maximum Gasteiger partial charge on any atom is 0.115 e. The number of rotatable bonds is 9. The highest BCUT2D eigenvalue weighted by Gasteiger charge is 2.20. The maximum atomic E-state index is 6.30. The number of ether oxygens (including phenoxy) is 1. The highest BCUT2D eigenvalue weighted by atomic mass is 16.5. The van der Waals surface area contributed by atoms with E-state index in [1.54, 1.807) is 0 Å². The molecule has 0 aliphatic heterocycles. The Morgan fingerprint density at radius 3 is 2.17 bits per heavy atom. The minimum Gasteiger partial charge on any atom is -0.360 e. The zero-order valence-corrected chi connectivity index (χ0v) is 15.6. The van der Waals surface area contributed by atoms with Crippen molar-refractivity contribution in [3.8, 4) is 0 Å². The van der Waals surface area contributed by atoms with Crippen molar-refractivity contribution in [2.75, 3.05) is 13.1 Å². The molecule has 1 aromatic rings. The van der Waals surface area contributed by atoms with Crippen LogP contribution in [0.1, 0.15) is 76.8 Å². The molecule has 1 fully saturated rings. The molecule has 0 spiro atoms. The fraction of sp³-hybridized carbons (Fsp3) is 0.714. The Morgan fingerprint density at radius 2 is 1.65 bits per heavy atom. The van der Waals surface area contributed by atoms with Crippen molar-refractivity contribution in [2.24, 2.45) is 0 Å². The number of benzene rings is 1. The van der Waals surface area contributed by atoms with Crippen LogP contribution in [0.2, 0.25) is 0 Å². The van der Waals surface area contributed by atoms with Gasteiger partial charge in [0.15, 0.2) is 0 Å². The second kappa shape index (κ2) is 9.44. The predicted molar refractivity (Wildman–Crippen MR) is 98.9 cm³/mol. The van der Waals surface area contributed by atoms with Crippen molar-refractivity contribution in [2.45, 2.75) is 84.5 Å². The fourth-order valence-electron chi connectivity index (χ4n) is 3.65. The van der Waals surface area contributed by atoms with Crippen molar-refractivity contribution in [1.82, 2.24) is 4.90 Å². The normalized spacial score (nSPS) is 18.5. The number of hydrogen-bond acceptors (Lipinski definition) is 2. The quantitative estimate of drug-likeness (QED) is 0.568. The van der Waals surface area contributed by atoms with Gasteiger partial charge in [0.1, 0.15) is 6.23 Å². The van der Waals surface area contributed by atoms with Gasteiger partial charge in [-0.2, -0.15) is 0 Å². The SMILES string of the molecule is CCC(C)OC(Cc1ccc(C2CCCC2)cc1)N(CC)CC. The molecule has 0 radical (unpaired) electrons. The van der Waals surface area contributed by atoms with Gasteiger partial charge < -0.3 is 4.74 Å². The molecule has 0 bridgehead atoms. The third-order valence-electron chi connectivity index (χ3n) is 5.40. The Hall–Kier alpha value is -0.860. The first-order valence-corrected chi connectivity index (χ1v) is 9.66. The zero-order valence-electron chi connectivity index (χ0n) is 15.6. The van der Waals surface area contributed by atoms with Crippen LogP contribution in [0.25, 0.3) is 0 Å². The molecule has 0 heterocycles. The molecular formula is C21H35NO. The summed E-state index contributed by atoms with van der Waals surface area (Å²) in [6.45, 7) is 10.9. The summed E-state index contributed by atoms with van der Waals surface area (Å²) in [5.41, 5.74) is 2.93. The number of hydrogen-bond donors (Lipinski definition) is 0. The summed E-state index contributed by atoms with van der Waals surface area (Å²) >= 11 is 0. The molecule has 1 saturated carbocycles. The van der Waals surface area contributed by atoms with Gasteiger partial charge in [-0.1, -0.05) is 57.9 Å². The van der Waals surface area contributed by atoms with Crippen LogP contribution < -0.4 is 0 Å². The average molecular weight is 318 g/mol. The van der Waals surface area contributed by atoms with Gasteiger partial charge in [0.05, 0.1) is 6.10 Å². The first kappa shape index (κ1) is 18.5. The molecule has 23 heavy (non-hydrogen) atoms. The van der Waals surface area contributed by atoms with Gasteiger partial charge in [0, 0.05) is 6.42 Å². The minimum absolute atomic E-state index is 0.192. The van der Waals surface area contributed by atoms with Gasteiger partial charge in [-0.15, -0.1) is 0 Å². The van der Waals surface area contributed by atoms with E-state index in [9.17, 15) is 0 Å². The first-order valence-electron chi connectivity index (χ1n) is 9.66. The van der Waals surface area contributed by atoms with Crippen LogP contribution >= 0.6 is 0 Å². The van der Waals surface area contributed by atoms with E-state index in [1.165, 1.54) is 36.8 Å². The van der Waals surface area contributed by atoms with Crippen molar-refractivity contribution in [3.63, 3.8) is 0 Å². The summed E-state index contributed by atoms with van der Waals surface area (Å²) in [4.78, 5) is 2.43. The zero-order chi connectivity index (χ0) is 16.7. The lowest BCUT2D eigenvalue weighted by molar-refractivity contribution is -0.0905. The molecule has 0 saturated heterocycles. The summed E-state index contributed by atoms with van der Waals surface area (Å²) in [7, 11) is 0. The van der Waals surface area contributed by atoms with Crippen LogP contribution in [-0.4, -0.2) is 30.3 Å². The van der Waals surface area contributed by atoms with Crippen molar-refractivity contribution in [3.05, 3.63) is 35.4 Å². The highest BCUT2D eigenvalue weighted by molar-refractivity contribution is 5.26. The van der Waals surface area contributed by atoms with Gasteiger partial charge in [-0.3, -0.25) is 4.90 Å². The van der Waals surface area contributed by atoms with Crippen LogP contribution in [0.4, 0.5) is 0 Å². The summed E-state index contributed by atoms with van der Waals surface area (Å²) in [5, 5.41) is 0. The van der Waals surface area contributed by atoms with Crippen LogP contribution in [-0.2, 0) is 11.2 Å². The lowest BCUT2D eigenvalue weighted by Gasteiger charge is -2.32. The van der Waals surface area contributed by atoms with Crippen molar-refractivity contribution >= 4 is 0 Å². The van der Waals surface area contributed by atoms with E-state index >= 15 is 0 Å². The van der Waals surface area contributed by atoms with Gasteiger partial charge in [-0.05, 0) is 56.3 Å². The van der Waals surface area contributed by atoms with Crippen LogP contribution in [0.5, 0.6) is 0 Å². The summed E-state index contributed by atoms with van der Waals surface area (Å²) in [5.74, 6) is 0.805. The van der Waals surface area contributed by atoms with E-state index in [-0.39, 0.29) is 6.23 Å². The second-order valence-electron chi connectivity index (χ2n) is 6.96. The third-order valence-corrected chi connectivity index (χ3v) is 5.40. The Morgan fingerprint density at radius 1 is 1.04 bits per heavy atom. The molecule has 2 rings (SSSR count). The molecule has 2 nitrogen and oxygen atoms in total. The molecule has 0 amide bonds. The number of nitrogens with zero attached hydrogens (tertiary/aromatic N) is 1. The summed E-state index contributed by atoms with van der Waals surface area (Å²) in [6, 6.07) is 9.36. The molecule has 1 aliphatic carbocycles. The smallest absolute Gasteiger partial charge is 0.115 e. The van der Waals surface area contributed by atoms with Gasteiger partial charge in [-0.25, -0.2) is 0 Å². The summed E-state index contributed by atoms with van der Waals surface area (Å²) in [6.07, 6.45) is 8.11. The van der Waals surface area contributed by atoms with Gasteiger partial charge in [0.2, 0.25) is 0 Å². The van der Waals surface area contributed by atoms with Gasteiger partial charge in [0.25, 0.3) is 0 Å². The Labute approximate surface area is 143 Å². The van der Waals surface area contributed by atoms with Crippen LogP contribution in [0, 0.1) is 0 Å². The molecule has 0 aromatic heterocycles. The molecule has 2 unspecified atom stereocenters. The van der Waals surface area contributed by atoms with Gasteiger partial charge >= 0.3 is 0 Å². The topological polar surface area (TPSA) is 12.5 Å². The molecule has 1 aromatic carbocycles. The maximum absolute atomic E-state index is 6.30. The van der Waals surface area contributed by atoms with E-state index in [0.29, 0.717) is 6.10 Å². The van der Waals surface area contributed by atoms with E-state index in [1.807, 2.05) is 0 Å². The monoisotopic (exact) mass is 317 g/mol. The fourth-order valence-corrected chi connectivity index (χ4v) is 3.65. The Kier molecular flexibility index (Phi) is 7.58. The second-order valence-corrected chi connectivity index (χ2v) is 6.96. The Balaban J connectivity index is 2.02. The number of likely N-dealkylation sites (N-methyl/N-ethyl adjacent to an activating group) is 1. The molecular weight excluding hydrogens is 282 g/mol. The van der Waals surface area contributed by atoms with Crippen molar-refractivity contribution < 1.29 is 4.74 Å². The molecule has 0 N–H and O–H groups in total. The minimum atomic E-state index is 0.192. The van der Waals surface area contributed by atoms with E-state index < -0.39 is 0 Å². The van der Waals surface area contributed by atoms with E-state index in [4.69, 9.17) is 4.74 Å². The molecule has 1 aliphatic rings. The lowest BCUT2D eigenvalue weighted by atomic mass is 9.96. The predicted octanol–water partition coefficient (Wildman–Crippen LogP) is 5.37. The largest absolute Gasteiger partial charge is 0.360 e. The average Bonchev–Trinajstić information content (AvgIpc) is 3.11.